The van der Waals surface area contributed by atoms with E-state index in [0.29, 0.717) is 21.8 Å². The molecule has 0 radical (unpaired) electrons. The molecule has 2 heterocycles. The number of anilines is 1. The topological polar surface area (TPSA) is 68.3 Å². The van der Waals surface area contributed by atoms with Crippen LogP contribution in [0.15, 0.2) is 6.07 Å². The number of hydrogen-bond donors (Lipinski definition) is 1. The standard InChI is InChI=1S/C14H16N2O3S2/c1-7-5-10(9(3)20-7)11(17)6-19-14(18)12-8(2)16-21-13(12)15-4/h5,15H,6H2,1-4H3. The third-order valence-electron chi connectivity index (χ3n) is 2.97. The highest BCUT2D eigenvalue weighted by molar-refractivity contribution is 7.12. The van der Waals surface area contributed by atoms with Gasteiger partial charge in [-0.2, -0.15) is 4.37 Å². The van der Waals surface area contributed by atoms with Gasteiger partial charge in [-0.15, -0.1) is 11.3 Å². The first-order chi connectivity index (χ1) is 9.93. The summed E-state index contributed by atoms with van der Waals surface area (Å²) in [7, 11) is 1.71. The summed E-state index contributed by atoms with van der Waals surface area (Å²) in [6.07, 6.45) is 0. The molecule has 5 nitrogen and oxygen atoms in total. The Kier molecular flexibility index (Phi) is 4.74. The third kappa shape index (κ3) is 3.30. The molecule has 0 atom stereocenters. The summed E-state index contributed by atoms with van der Waals surface area (Å²) in [6.45, 7) is 5.31. The van der Waals surface area contributed by atoms with Crippen molar-refractivity contribution in [3.8, 4) is 0 Å². The van der Waals surface area contributed by atoms with Crippen molar-refractivity contribution in [2.75, 3.05) is 19.0 Å². The van der Waals surface area contributed by atoms with Gasteiger partial charge in [0.05, 0.1) is 5.69 Å². The highest BCUT2D eigenvalue weighted by Crippen LogP contribution is 2.25. The van der Waals surface area contributed by atoms with Crippen LogP contribution >= 0.6 is 22.9 Å². The molecule has 1 N–H and O–H groups in total. The summed E-state index contributed by atoms with van der Waals surface area (Å²) >= 11 is 2.75. The predicted octanol–water partition coefficient (Wildman–Crippen LogP) is 3.21. The smallest absolute Gasteiger partial charge is 0.343 e. The van der Waals surface area contributed by atoms with Gasteiger partial charge in [0.25, 0.3) is 0 Å². The maximum atomic E-state index is 12.1. The lowest BCUT2D eigenvalue weighted by Crippen LogP contribution is -2.15. The molecule has 7 heteroatoms. The van der Waals surface area contributed by atoms with Gasteiger partial charge in [-0.3, -0.25) is 4.79 Å². The lowest BCUT2D eigenvalue weighted by Gasteiger charge is -2.05. The predicted molar refractivity (Wildman–Crippen MR) is 84.8 cm³/mol. The van der Waals surface area contributed by atoms with Crippen LogP contribution in [0.1, 0.15) is 36.2 Å². The Balaban J connectivity index is 2.06. The summed E-state index contributed by atoms with van der Waals surface area (Å²) in [5, 5.41) is 3.55. The normalized spacial score (nSPS) is 10.5. The Hall–Kier alpha value is -1.73. The van der Waals surface area contributed by atoms with E-state index in [1.807, 2.05) is 19.9 Å². The van der Waals surface area contributed by atoms with Crippen molar-refractivity contribution < 1.29 is 14.3 Å². The van der Waals surface area contributed by atoms with E-state index in [2.05, 4.69) is 9.69 Å². The van der Waals surface area contributed by atoms with E-state index in [1.54, 1.807) is 25.3 Å². The largest absolute Gasteiger partial charge is 0.454 e. The summed E-state index contributed by atoms with van der Waals surface area (Å²) in [5.74, 6) is -0.708. The van der Waals surface area contributed by atoms with Crippen molar-refractivity contribution in [1.82, 2.24) is 4.37 Å². The molecule has 21 heavy (non-hydrogen) atoms. The van der Waals surface area contributed by atoms with Gasteiger partial charge in [-0.25, -0.2) is 4.79 Å². The number of carbonyl (C=O) groups excluding carboxylic acids is 2. The molecule has 0 aliphatic heterocycles. The maximum absolute atomic E-state index is 12.1. The molecule has 0 saturated carbocycles. The first kappa shape index (κ1) is 15.7. The van der Waals surface area contributed by atoms with E-state index in [9.17, 15) is 9.59 Å². The van der Waals surface area contributed by atoms with Gasteiger partial charge >= 0.3 is 5.97 Å². The summed E-state index contributed by atoms with van der Waals surface area (Å²) in [5.41, 5.74) is 1.62. The number of ketones is 1. The zero-order chi connectivity index (χ0) is 15.6. The molecule has 0 spiro atoms. The Morgan fingerprint density at radius 3 is 2.62 bits per heavy atom. The van der Waals surface area contributed by atoms with Crippen LogP contribution < -0.4 is 5.32 Å². The number of aryl methyl sites for hydroxylation is 3. The molecule has 0 aliphatic rings. The molecule has 112 valence electrons. The SMILES string of the molecule is CNc1snc(C)c1C(=O)OCC(=O)c1cc(C)sc1C. The number of carbonyl (C=O) groups is 2. The molecule has 0 aromatic carbocycles. The van der Waals surface area contributed by atoms with E-state index < -0.39 is 5.97 Å². The van der Waals surface area contributed by atoms with Crippen molar-refractivity contribution in [2.45, 2.75) is 20.8 Å². The Morgan fingerprint density at radius 1 is 1.33 bits per heavy atom. The average molecular weight is 324 g/mol. The number of ether oxygens (including phenoxy) is 1. The second kappa shape index (κ2) is 6.36. The van der Waals surface area contributed by atoms with Gasteiger partial charge in [-0.1, -0.05) is 0 Å². The number of thiophene rings is 1. The van der Waals surface area contributed by atoms with Crippen molar-refractivity contribution >= 4 is 39.6 Å². The van der Waals surface area contributed by atoms with Crippen LogP contribution in [0, 0.1) is 20.8 Å². The third-order valence-corrected chi connectivity index (χ3v) is 4.89. The monoisotopic (exact) mass is 324 g/mol. The van der Waals surface area contributed by atoms with Gasteiger partial charge in [0.1, 0.15) is 10.6 Å². The number of nitrogens with zero attached hydrogens (tertiary/aromatic N) is 1. The van der Waals surface area contributed by atoms with Crippen LogP contribution in [0.5, 0.6) is 0 Å². The lowest BCUT2D eigenvalue weighted by molar-refractivity contribution is 0.0475. The van der Waals surface area contributed by atoms with Crippen LogP contribution in [-0.2, 0) is 4.74 Å². The number of Topliss-reactive ketones (excluding diaryl/α,β-unsaturated/α-hetero) is 1. The first-order valence-corrected chi connectivity index (χ1v) is 7.94. The Bertz CT molecular complexity index is 688. The van der Waals surface area contributed by atoms with Gasteiger partial charge in [0.2, 0.25) is 5.78 Å². The molecule has 2 aromatic heterocycles. The minimum absolute atomic E-state index is 0.183. The molecule has 0 bridgehead atoms. The molecular formula is C14H16N2O3S2. The molecule has 0 unspecified atom stereocenters. The fourth-order valence-corrected chi connectivity index (χ4v) is 3.64. The molecule has 0 amide bonds. The number of aromatic nitrogens is 1. The molecule has 0 saturated heterocycles. The fraction of sp³-hybridized carbons (Fsp3) is 0.357. The average Bonchev–Trinajstić information content (AvgIpc) is 2.98. The maximum Gasteiger partial charge on any atom is 0.343 e. The quantitative estimate of drug-likeness (QED) is 0.675. The summed E-state index contributed by atoms with van der Waals surface area (Å²) in [4.78, 5) is 26.2. The molecule has 2 aromatic rings. The van der Waals surface area contributed by atoms with Crippen LogP contribution in [0.2, 0.25) is 0 Å². The second-order valence-corrected chi connectivity index (χ2v) is 6.78. The van der Waals surface area contributed by atoms with E-state index in [4.69, 9.17) is 4.74 Å². The van der Waals surface area contributed by atoms with Crippen molar-refractivity contribution in [1.29, 1.82) is 0 Å². The van der Waals surface area contributed by atoms with Crippen LogP contribution in [0.3, 0.4) is 0 Å². The fourth-order valence-electron chi connectivity index (χ4n) is 1.97. The van der Waals surface area contributed by atoms with E-state index in [0.717, 1.165) is 9.75 Å². The van der Waals surface area contributed by atoms with Crippen molar-refractivity contribution in [2.24, 2.45) is 0 Å². The van der Waals surface area contributed by atoms with Crippen molar-refractivity contribution in [3.63, 3.8) is 0 Å². The van der Waals surface area contributed by atoms with Gasteiger partial charge < -0.3 is 10.1 Å². The van der Waals surface area contributed by atoms with E-state index in [-0.39, 0.29) is 12.4 Å². The molecule has 0 fully saturated rings. The lowest BCUT2D eigenvalue weighted by atomic mass is 10.2. The van der Waals surface area contributed by atoms with Crippen LogP contribution in [0.25, 0.3) is 0 Å². The first-order valence-electron chi connectivity index (χ1n) is 6.35. The van der Waals surface area contributed by atoms with Gasteiger partial charge in [0.15, 0.2) is 6.61 Å². The van der Waals surface area contributed by atoms with Gasteiger partial charge in [-0.05, 0) is 38.4 Å². The Labute approximate surface area is 131 Å². The zero-order valence-corrected chi connectivity index (χ0v) is 13.9. The molecule has 0 aliphatic carbocycles. The van der Waals surface area contributed by atoms with Crippen LogP contribution in [0.4, 0.5) is 5.00 Å². The van der Waals surface area contributed by atoms with Gasteiger partial charge in [0, 0.05) is 22.4 Å². The Morgan fingerprint density at radius 2 is 2.05 bits per heavy atom. The number of hydrogen-bond acceptors (Lipinski definition) is 7. The van der Waals surface area contributed by atoms with E-state index >= 15 is 0 Å². The minimum atomic E-state index is -0.524. The molecule has 2 rings (SSSR count). The highest BCUT2D eigenvalue weighted by Gasteiger charge is 2.21. The minimum Gasteiger partial charge on any atom is -0.454 e. The van der Waals surface area contributed by atoms with E-state index in [1.165, 1.54) is 11.5 Å². The number of esters is 1. The van der Waals surface area contributed by atoms with Crippen LogP contribution in [-0.4, -0.2) is 29.8 Å². The molecular weight excluding hydrogens is 308 g/mol. The van der Waals surface area contributed by atoms with Crippen molar-refractivity contribution in [3.05, 3.63) is 32.6 Å². The number of rotatable bonds is 5. The highest BCUT2D eigenvalue weighted by atomic mass is 32.1. The number of nitrogens with one attached hydrogen (secondary N) is 1. The summed E-state index contributed by atoms with van der Waals surface area (Å²) < 4.78 is 9.24. The summed E-state index contributed by atoms with van der Waals surface area (Å²) in [6, 6.07) is 1.83. The zero-order valence-electron chi connectivity index (χ0n) is 12.3. The second-order valence-electron chi connectivity index (χ2n) is 4.55.